The van der Waals surface area contributed by atoms with Crippen molar-refractivity contribution >= 4 is 17.0 Å². The number of nitrogen functional groups attached to an aromatic ring is 1. The summed E-state index contributed by atoms with van der Waals surface area (Å²) in [5, 5.41) is 0. The predicted molar refractivity (Wildman–Crippen MR) is 88.7 cm³/mol. The van der Waals surface area contributed by atoms with E-state index < -0.39 is 0 Å². The van der Waals surface area contributed by atoms with Crippen LogP contribution in [-0.4, -0.2) is 11.2 Å². The first-order valence-electron chi connectivity index (χ1n) is 7.85. The Morgan fingerprint density at radius 1 is 1.12 bits per heavy atom. The summed E-state index contributed by atoms with van der Waals surface area (Å²) in [5.41, 5.74) is 8.55. The highest BCUT2D eigenvalue weighted by Crippen LogP contribution is 2.17. The fourth-order valence-electron chi connectivity index (χ4n) is 2.79. The van der Waals surface area contributed by atoms with Gasteiger partial charge in [0.05, 0.1) is 6.54 Å². The second-order valence-electron chi connectivity index (χ2n) is 5.45. The summed E-state index contributed by atoms with van der Waals surface area (Å²) < 4.78 is 22.8. The third-order valence-electron chi connectivity index (χ3n) is 3.86. The van der Waals surface area contributed by atoms with E-state index in [0.29, 0.717) is 18.9 Å². The first kappa shape index (κ1) is 18.3. The van der Waals surface area contributed by atoms with Gasteiger partial charge in [-0.1, -0.05) is 19.1 Å². The third-order valence-corrected chi connectivity index (χ3v) is 3.86. The summed E-state index contributed by atoms with van der Waals surface area (Å²) in [6, 6.07) is 14.2. The molecule has 3 aromatic rings. The van der Waals surface area contributed by atoms with Gasteiger partial charge in [0.1, 0.15) is 35.8 Å². The number of ether oxygens (including phenoxy) is 1. The molecule has 1 aromatic heterocycles. The average Bonchev–Trinajstić information content (AvgIpc) is 2.83. The fourth-order valence-corrected chi connectivity index (χ4v) is 2.79. The molecule has 0 aliphatic rings. The Bertz CT molecular complexity index is 802. The van der Waals surface area contributed by atoms with E-state index in [1.807, 2.05) is 12.1 Å². The molecule has 6 heteroatoms. The summed E-state index contributed by atoms with van der Waals surface area (Å²) in [6.07, 6.45) is 1.02. The third kappa shape index (κ3) is 3.70. The Morgan fingerprint density at radius 2 is 1.83 bits per heavy atom. The predicted octanol–water partition coefficient (Wildman–Crippen LogP) is 0.143. The van der Waals surface area contributed by atoms with Crippen LogP contribution in [0.25, 0.3) is 11.0 Å². The minimum Gasteiger partial charge on any atom is -1.00 e. The molecule has 0 aliphatic heterocycles. The van der Waals surface area contributed by atoms with Crippen LogP contribution in [0.5, 0.6) is 5.75 Å². The number of imidazole rings is 1. The van der Waals surface area contributed by atoms with Gasteiger partial charge in [0.2, 0.25) is 0 Å². The van der Waals surface area contributed by atoms with Crippen molar-refractivity contribution < 1.29 is 30.7 Å². The maximum absolute atomic E-state index is 12.9. The van der Waals surface area contributed by atoms with Gasteiger partial charge in [0, 0.05) is 0 Å². The van der Waals surface area contributed by atoms with Crippen molar-refractivity contribution in [1.82, 2.24) is 4.57 Å². The molecule has 0 radical (unpaired) electrons. The quantitative estimate of drug-likeness (QED) is 0.605. The largest absolute Gasteiger partial charge is 1.00 e. The molecule has 24 heavy (non-hydrogen) atoms. The van der Waals surface area contributed by atoms with Gasteiger partial charge in [0.25, 0.3) is 0 Å². The van der Waals surface area contributed by atoms with Gasteiger partial charge >= 0.3 is 5.95 Å². The van der Waals surface area contributed by atoms with Crippen LogP contribution in [0.3, 0.4) is 0 Å². The van der Waals surface area contributed by atoms with Crippen LogP contribution < -0.4 is 32.0 Å². The number of rotatable bonds is 6. The van der Waals surface area contributed by atoms with Crippen LogP contribution in [0.4, 0.5) is 10.3 Å². The maximum Gasteiger partial charge on any atom is 0.356 e. The van der Waals surface area contributed by atoms with Crippen molar-refractivity contribution in [3.05, 3.63) is 54.3 Å². The summed E-state index contributed by atoms with van der Waals surface area (Å²) in [6.45, 7) is 4.13. The Morgan fingerprint density at radius 3 is 2.54 bits per heavy atom. The zero-order valence-corrected chi connectivity index (χ0v) is 15.2. The standard InChI is InChI=1S/C18H20FN3O.BrH/c1-2-11-21-16-5-3-4-6-17(16)22(18(21)20)12-13-23-15-9-7-14(19)8-10-15;/h3-10,20H,2,11-13H2,1H3;1H. The number of nitrogens with two attached hydrogens (primary N) is 1. The molecule has 0 saturated heterocycles. The molecule has 0 atom stereocenters. The lowest BCUT2D eigenvalue weighted by molar-refractivity contribution is -0.657. The molecule has 0 fully saturated rings. The average molecular weight is 394 g/mol. The van der Waals surface area contributed by atoms with Crippen molar-refractivity contribution in [2.24, 2.45) is 0 Å². The number of benzene rings is 2. The van der Waals surface area contributed by atoms with Crippen molar-refractivity contribution in [1.29, 1.82) is 0 Å². The Balaban J connectivity index is 0.00000208. The number of nitrogens with zero attached hydrogens (tertiary/aromatic N) is 2. The topological polar surface area (TPSA) is 44.1 Å². The molecular formula is C18H21BrFN3O. The van der Waals surface area contributed by atoms with Crippen LogP contribution in [0.2, 0.25) is 0 Å². The van der Waals surface area contributed by atoms with E-state index in [2.05, 4.69) is 28.2 Å². The van der Waals surface area contributed by atoms with E-state index in [-0.39, 0.29) is 22.8 Å². The summed E-state index contributed by atoms with van der Waals surface area (Å²) in [7, 11) is 0. The summed E-state index contributed by atoms with van der Waals surface area (Å²) >= 11 is 0. The molecule has 0 spiro atoms. The van der Waals surface area contributed by atoms with Crippen molar-refractivity contribution in [3.63, 3.8) is 0 Å². The monoisotopic (exact) mass is 393 g/mol. The van der Waals surface area contributed by atoms with E-state index in [1.54, 1.807) is 12.1 Å². The van der Waals surface area contributed by atoms with Crippen LogP contribution in [0.15, 0.2) is 48.5 Å². The first-order chi connectivity index (χ1) is 11.2. The minimum atomic E-state index is -0.265. The Hall–Kier alpha value is -2.08. The van der Waals surface area contributed by atoms with Crippen molar-refractivity contribution in [3.8, 4) is 5.75 Å². The maximum atomic E-state index is 12.9. The second kappa shape index (κ2) is 8.15. The van der Waals surface area contributed by atoms with Crippen LogP contribution in [0.1, 0.15) is 13.3 Å². The summed E-state index contributed by atoms with van der Waals surface area (Å²) in [5.74, 6) is 1.12. The number of hydrogen-bond donors (Lipinski definition) is 1. The van der Waals surface area contributed by atoms with Crippen LogP contribution in [0, 0.1) is 5.82 Å². The highest BCUT2D eigenvalue weighted by Gasteiger charge is 2.19. The number of fused-ring (bicyclic) bond motifs is 1. The summed E-state index contributed by atoms with van der Waals surface area (Å²) in [4.78, 5) is 0. The zero-order chi connectivity index (χ0) is 16.2. The molecular weight excluding hydrogens is 373 g/mol. The molecule has 1 heterocycles. The molecule has 0 aliphatic carbocycles. The highest BCUT2D eigenvalue weighted by molar-refractivity contribution is 5.73. The number of aromatic nitrogens is 2. The number of aryl methyl sites for hydroxylation is 1. The van der Waals surface area contributed by atoms with Gasteiger partial charge in [-0.3, -0.25) is 5.73 Å². The molecule has 2 aromatic carbocycles. The normalized spacial score (nSPS) is 10.6. The number of hydrogen-bond acceptors (Lipinski definition) is 2. The first-order valence-corrected chi connectivity index (χ1v) is 7.85. The van der Waals surface area contributed by atoms with E-state index in [1.165, 1.54) is 12.1 Å². The van der Waals surface area contributed by atoms with Crippen molar-refractivity contribution in [2.45, 2.75) is 26.4 Å². The molecule has 2 N–H and O–H groups in total. The van der Waals surface area contributed by atoms with E-state index >= 15 is 0 Å². The Labute approximate surface area is 151 Å². The minimum absolute atomic E-state index is 0. The van der Waals surface area contributed by atoms with Gasteiger partial charge in [-0.05, 0) is 42.8 Å². The smallest absolute Gasteiger partial charge is 0.356 e. The SMILES string of the molecule is CCC[n+]1c(N)n(CCOc2ccc(F)cc2)c2ccccc21.[Br-]. The molecule has 3 rings (SSSR count). The van der Waals surface area contributed by atoms with Crippen LogP contribution >= 0.6 is 0 Å². The highest BCUT2D eigenvalue weighted by atomic mass is 79.9. The lowest BCUT2D eigenvalue weighted by Gasteiger charge is -2.06. The zero-order valence-electron chi connectivity index (χ0n) is 13.6. The van der Waals surface area contributed by atoms with E-state index in [0.717, 1.165) is 29.9 Å². The van der Waals surface area contributed by atoms with Gasteiger partial charge < -0.3 is 21.7 Å². The Kier molecular flexibility index (Phi) is 6.20. The van der Waals surface area contributed by atoms with Crippen LogP contribution in [-0.2, 0) is 13.1 Å². The lowest BCUT2D eigenvalue weighted by Crippen LogP contribution is -3.00. The molecule has 0 amide bonds. The molecule has 0 saturated carbocycles. The second-order valence-corrected chi connectivity index (χ2v) is 5.45. The molecule has 0 bridgehead atoms. The van der Waals surface area contributed by atoms with Crippen molar-refractivity contribution in [2.75, 3.05) is 12.3 Å². The number of halogens is 2. The number of anilines is 1. The van der Waals surface area contributed by atoms with Gasteiger partial charge in [-0.25, -0.2) is 13.5 Å². The van der Waals surface area contributed by atoms with Gasteiger partial charge in [-0.2, -0.15) is 0 Å². The number of para-hydroxylation sites is 2. The molecule has 4 nitrogen and oxygen atoms in total. The van der Waals surface area contributed by atoms with Gasteiger partial charge in [0.15, 0.2) is 0 Å². The van der Waals surface area contributed by atoms with Gasteiger partial charge in [-0.15, -0.1) is 0 Å². The van der Waals surface area contributed by atoms with E-state index in [9.17, 15) is 4.39 Å². The lowest BCUT2D eigenvalue weighted by atomic mass is 10.3. The van der Waals surface area contributed by atoms with E-state index in [4.69, 9.17) is 10.5 Å². The fraction of sp³-hybridized carbons (Fsp3) is 0.278. The molecule has 128 valence electrons. The molecule has 0 unspecified atom stereocenters.